The van der Waals surface area contributed by atoms with Crippen LogP contribution < -0.4 is 0 Å². The summed E-state index contributed by atoms with van der Waals surface area (Å²) in [5, 5.41) is 0. The Morgan fingerprint density at radius 1 is 1.44 bits per heavy atom. The van der Waals surface area contributed by atoms with Crippen LogP contribution in [-0.2, 0) is 14.3 Å². The molecule has 0 bridgehead atoms. The van der Waals surface area contributed by atoms with E-state index in [4.69, 9.17) is 4.74 Å². The Kier molecular flexibility index (Phi) is 6.10. The molecule has 18 heavy (non-hydrogen) atoms. The van der Waals surface area contributed by atoms with E-state index in [0.29, 0.717) is 18.6 Å². The number of hydrogen-bond donors (Lipinski definition) is 0. The first-order valence-electron chi connectivity index (χ1n) is 6.91. The van der Waals surface area contributed by atoms with E-state index < -0.39 is 0 Å². The van der Waals surface area contributed by atoms with Gasteiger partial charge in [-0.05, 0) is 39.0 Å². The lowest BCUT2D eigenvalue weighted by molar-refractivity contribution is -0.148. The summed E-state index contributed by atoms with van der Waals surface area (Å²) in [4.78, 5) is 23.4. The summed E-state index contributed by atoms with van der Waals surface area (Å²) in [6, 6.07) is 0. The number of carbonyl (C=O) groups excluding carboxylic acids is 2. The predicted octanol–water partition coefficient (Wildman–Crippen LogP) is 3.28. The highest BCUT2D eigenvalue weighted by atomic mass is 16.5. The van der Waals surface area contributed by atoms with Crippen molar-refractivity contribution < 1.29 is 14.3 Å². The number of rotatable bonds is 6. The van der Waals surface area contributed by atoms with Crippen molar-refractivity contribution in [1.29, 1.82) is 0 Å². The minimum atomic E-state index is -0.172. The molecule has 0 heterocycles. The van der Waals surface area contributed by atoms with Gasteiger partial charge >= 0.3 is 5.97 Å². The molecule has 0 radical (unpaired) electrons. The maximum atomic E-state index is 11.8. The molecule has 3 heteroatoms. The Hall–Kier alpha value is -1.12. The normalized spacial score (nSPS) is 24.1. The molecule has 0 spiro atoms. The first-order valence-corrected chi connectivity index (χ1v) is 6.91. The number of esters is 1. The average Bonchev–Trinajstić information content (AvgIpc) is 2.60. The second-order valence-electron chi connectivity index (χ2n) is 5.23. The zero-order chi connectivity index (χ0) is 13.5. The molecule has 1 aliphatic rings. The molecule has 0 N–H and O–H groups in total. The van der Waals surface area contributed by atoms with E-state index in [-0.39, 0.29) is 23.9 Å². The first-order chi connectivity index (χ1) is 8.54. The Bertz CT molecular complexity index is 318. The summed E-state index contributed by atoms with van der Waals surface area (Å²) in [6.45, 7) is 5.77. The van der Waals surface area contributed by atoms with Crippen LogP contribution in [0.4, 0.5) is 0 Å². The van der Waals surface area contributed by atoms with E-state index >= 15 is 0 Å². The first kappa shape index (κ1) is 14.9. The van der Waals surface area contributed by atoms with Crippen LogP contribution in [0.15, 0.2) is 12.2 Å². The highest BCUT2D eigenvalue weighted by molar-refractivity contribution is 5.84. The minimum Gasteiger partial charge on any atom is -0.463 e. The van der Waals surface area contributed by atoms with Gasteiger partial charge in [0.05, 0.1) is 6.10 Å². The molecule has 0 aliphatic heterocycles. The molecule has 3 nitrogen and oxygen atoms in total. The highest BCUT2D eigenvalue weighted by Crippen LogP contribution is 2.34. The van der Waals surface area contributed by atoms with E-state index in [1.165, 1.54) is 0 Å². The maximum Gasteiger partial charge on any atom is 0.306 e. The van der Waals surface area contributed by atoms with Gasteiger partial charge in [0, 0.05) is 18.8 Å². The molecule has 102 valence electrons. The fourth-order valence-electron chi connectivity index (χ4n) is 2.48. The Morgan fingerprint density at radius 2 is 2.17 bits per heavy atom. The monoisotopic (exact) mass is 252 g/mol. The van der Waals surface area contributed by atoms with Crippen LogP contribution in [0, 0.1) is 11.8 Å². The molecule has 1 fully saturated rings. The zero-order valence-electron chi connectivity index (χ0n) is 11.6. The zero-order valence-corrected chi connectivity index (χ0v) is 11.6. The van der Waals surface area contributed by atoms with Crippen LogP contribution in [-0.4, -0.2) is 17.9 Å². The Morgan fingerprint density at radius 3 is 2.78 bits per heavy atom. The molecule has 0 aromatic carbocycles. The van der Waals surface area contributed by atoms with E-state index in [2.05, 4.69) is 19.1 Å². The van der Waals surface area contributed by atoms with Gasteiger partial charge in [0.25, 0.3) is 0 Å². The summed E-state index contributed by atoms with van der Waals surface area (Å²) in [7, 11) is 0. The van der Waals surface area contributed by atoms with Crippen molar-refractivity contribution in [2.75, 3.05) is 0 Å². The van der Waals surface area contributed by atoms with Crippen LogP contribution in [0.1, 0.15) is 52.9 Å². The summed E-state index contributed by atoms with van der Waals surface area (Å²) >= 11 is 0. The van der Waals surface area contributed by atoms with Crippen molar-refractivity contribution in [2.45, 2.75) is 59.0 Å². The minimum absolute atomic E-state index is 0.0208. The van der Waals surface area contributed by atoms with E-state index in [1.807, 2.05) is 13.8 Å². The van der Waals surface area contributed by atoms with Crippen molar-refractivity contribution >= 4 is 11.8 Å². The second kappa shape index (κ2) is 7.34. The quantitative estimate of drug-likeness (QED) is 0.538. The number of carbonyl (C=O) groups is 2. The van der Waals surface area contributed by atoms with Gasteiger partial charge in [-0.1, -0.05) is 19.1 Å². The van der Waals surface area contributed by atoms with Crippen LogP contribution in [0.2, 0.25) is 0 Å². The molecule has 0 saturated heterocycles. The lowest BCUT2D eigenvalue weighted by atomic mass is 9.89. The van der Waals surface area contributed by atoms with Crippen LogP contribution in [0.3, 0.4) is 0 Å². The van der Waals surface area contributed by atoms with Crippen LogP contribution >= 0.6 is 0 Å². The van der Waals surface area contributed by atoms with E-state index in [9.17, 15) is 9.59 Å². The van der Waals surface area contributed by atoms with Crippen molar-refractivity contribution in [2.24, 2.45) is 11.8 Å². The third kappa shape index (κ3) is 4.63. The molecule has 2 atom stereocenters. The van der Waals surface area contributed by atoms with E-state index in [1.54, 1.807) is 0 Å². The van der Waals surface area contributed by atoms with E-state index in [0.717, 1.165) is 19.3 Å². The molecule has 0 aromatic rings. The number of hydrogen-bond acceptors (Lipinski definition) is 3. The molecule has 0 aromatic heterocycles. The average molecular weight is 252 g/mol. The molecular weight excluding hydrogens is 228 g/mol. The van der Waals surface area contributed by atoms with Crippen LogP contribution in [0.5, 0.6) is 0 Å². The topological polar surface area (TPSA) is 43.4 Å². The molecule has 1 rings (SSSR count). The number of ketones is 1. The SMILES string of the molecule is CCC=CCC1C(=O)CCC1CC(=O)OC(C)C. The van der Waals surface area contributed by atoms with Gasteiger partial charge in [-0.25, -0.2) is 0 Å². The highest BCUT2D eigenvalue weighted by Gasteiger charge is 2.35. The molecule has 1 saturated carbocycles. The van der Waals surface area contributed by atoms with Gasteiger partial charge in [-0.2, -0.15) is 0 Å². The number of allylic oxidation sites excluding steroid dienone is 2. The Labute approximate surface area is 110 Å². The third-order valence-electron chi connectivity index (χ3n) is 3.33. The molecule has 2 unspecified atom stereocenters. The van der Waals surface area contributed by atoms with Crippen molar-refractivity contribution in [1.82, 2.24) is 0 Å². The van der Waals surface area contributed by atoms with Gasteiger partial charge in [0.2, 0.25) is 0 Å². The second-order valence-corrected chi connectivity index (χ2v) is 5.23. The number of Topliss-reactive ketones (excluding diaryl/α,β-unsaturated/α-hetero) is 1. The standard InChI is InChI=1S/C15H24O3/c1-4-5-6-7-13-12(8-9-14(13)16)10-15(17)18-11(2)3/h5-6,11-13H,4,7-10H2,1-3H3. The van der Waals surface area contributed by atoms with Crippen LogP contribution in [0.25, 0.3) is 0 Å². The van der Waals surface area contributed by atoms with Gasteiger partial charge in [-0.3, -0.25) is 9.59 Å². The summed E-state index contributed by atoms with van der Waals surface area (Å²) in [5.74, 6) is 0.324. The Balaban J connectivity index is 2.50. The summed E-state index contributed by atoms with van der Waals surface area (Å²) in [5.41, 5.74) is 0. The molecule has 0 amide bonds. The van der Waals surface area contributed by atoms with Gasteiger partial charge in [0.1, 0.15) is 5.78 Å². The summed E-state index contributed by atoms with van der Waals surface area (Å²) < 4.78 is 5.15. The largest absolute Gasteiger partial charge is 0.463 e. The summed E-state index contributed by atoms with van der Waals surface area (Å²) in [6.07, 6.45) is 7.65. The molecule has 1 aliphatic carbocycles. The fourth-order valence-corrected chi connectivity index (χ4v) is 2.48. The van der Waals surface area contributed by atoms with Gasteiger partial charge in [0.15, 0.2) is 0 Å². The van der Waals surface area contributed by atoms with Gasteiger partial charge in [-0.15, -0.1) is 0 Å². The van der Waals surface area contributed by atoms with Gasteiger partial charge < -0.3 is 4.74 Å². The lowest BCUT2D eigenvalue weighted by Gasteiger charge is -2.17. The van der Waals surface area contributed by atoms with Crippen molar-refractivity contribution in [3.8, 4) is 0 Å². The predicted molar refractivity (Wildman–Crippen MR) is 71.1 cm³/mol. The molecular formula is C15H24O3. The fraction of sp³-hybridized carbons (Fsp3) is 0.733. The maximum absolute atomic E-state index is 11.8. The van der Waals surface area contributed by atoms with Crippen molar-refractivity contribution in [3.05, 3.63) is 12.2 Å². The van der Waals surface area contributed by atoms with Crippen molar-refractivity contribution in [3.63, 3.8) is 0 Å². The smallest absolute Gasteiger partial charge is 0.306 e. The number of ether oxygens (including phenoxy) is 1. The third-order valence-corrected chi connectivity index (χ3v) is 3.33. The lowest BCUT2D eigenvalue weighted by Crippen LogP contribution is -2.20.